The Morgan fingerprint density at radius 2 is 1.21 bits per heavy atom. The molecule has 0 spiro atoms. The molecular formula is C6H16O5P2Zn. The standard InChI is InChI=1S/C4H11O2P.C2H7O3P.Zn/c1-3-7(5,6)4-2;1-2-6(3,4)5;/h3-4H2,1-2H3,(H,5,6);2H2,1H3,(H2,3,4,5);/q;;+2/p-2. The van der Waals surface area contributed by atoms with Gasteiger partial charge in [-0.15, -0.1) is 0 Å². The molecule has 0 aromatic carbocycles. The SMILES string of the molecule is CCP(=O)(O)CC.CCP(=O)([O-])[O-].[Zn+2]. The van der Waals surface area contributed by atoms with Gasteiger partial charge in [-0.1, -0.05) is 28.4 Å². The minimum absolute atomic E-state index is 0. The molecular weight excluding hydrogens is 279 g/mol. The maximum Gasteiger partial charge on any atom is 2.00 e. The molecule has 0 saturated carbocycles. The third-order valence-corrected chi connectivity index (χ3v) is 4.13. The summed E-state index contributed by atoms with van der Waals surface area (Å²) in [6.07, 6.45) is 0.528. The van der Waals surface area contributed by atoms with Crippen LogP contribution in [0, 0.1) is 0 Å². The molecule has 0 aromatic heterocycles. The van der Waals surface area contributed by atoms with E-state index >= 15 is 0 Å². The van der Waals surface area contributed by atoms with E-state index in [1.165, 1.54) is 6.92 Å². The van der Waals surface area contributed by atoms with Gasteiger partial charge in [-0.2, -0.15) is 0 Å². The van der Waals surface area contributed by atoms with E-state index in [0.29, 0.717) is 12.3 Å². The molecule has 0 unspecified atom stereocenters. The number of rotatable bonds is 3. The first-order chi connectivity index (χ1) is 5.68. The molecule has 14 heavy (non-hydrogen) atoms. The van der Waals surface area contributed by atoms with Gasteiger partial charge in [0, 0.05) is 12.3 Å². The van der Waals surface area contributed by atoms with Crippen molar-refractivity contribution in [2.24, 2.45) is 0 Å². The molecule has 0 atom stereocenters. The summed E-state index contributed by atoms with van der Waals surface area (Å²) in [6.45, 7) is 4.77. The summed E-state index contributed by atoms with van der Waals surface area (Å²) >= 11 is 0. The second-order valence-electron chi connectivity index (χ2n) is 2.41. The van der Waals surface area contributed by atoms with Crippen molar-refractivity contribution in [3.8, 4) is 0 Å². The van der Waals surface area contributed by atoms with Gasteiger partial charge in [0.25, 0.3) is 0 Å². The van der Waals surface area contributed by atoms with Crippen molar-refractivity contribution in [2.45, 2.75) is 20.8 Å². The van der Waals surface area contributed by atoms with Crippen LogP contribution in [0.5, 0.6) is 0 Å². The van der Waals surface area contributed by atoms with Gasteiger partial charge in [0.1, 0.15) is 0 Å². The summed E-state index contributed by atoms with van der Waals surface area (Å²) < 4.78 is 20.0. The summed E-state index contributed by atoms with van der Waals surface area (Å²) in [5.41, 5.74) is 0. The van der Waals surface area contributed by atoms with E-state index in [9.17, 15) is 18.9 Å². The number of hydrogen-bond acceptors (Lipinski definition) is 4. The van der Waals surface area contributed by atoms with E-state index in [1.807, 2.05) is 0 Å². The Hall–Kier alpha value is 0.963. The molecule has 0 saturated heterocycles. The van der Waals surface area contributed by atoms with Crippen LogP contribution in [0.25, 0.3) is 0 Å². The van der Waals surface area contributed by atoms with Gasteiger partial charge >= 0.3 is 19.5 Å². The average molecular weight is 296 g/mol. The van der Waals surface area contributed by atoms with Crippen molar-refractivity contribution in [3.05, 3.63) is 0 Å². The molecule has 0 aliphatic heterocycles. The fourth-order valence-corrected chi connectivity index (χ4v) is 0.671. The smallest absolute Gasteiger partial charge is 0.811 e. The Morgan fingerprint density at radius 1 is 1.00 bits per heavy atom. The monoisotopic (exact) mass is 294 g/mol. The Bertz CT molecular complexity index is 206. The van der Waals surface area contributed by atoms with Crippen molar-refractivity contribution >= 4 is 15.0 Å². The summed E-state index contributed by atoms with van der Waals surface area (Å²) in [5, 5.41) is 0. The van der Waals surface area contributed by atoms with Gasteiger partial charge in [0.15, 0.2) is 7.37 Å². The van der Waals surface area contributed by atoms with Gasteiger partial charge < -0.3 is 19.2 Å². The molecule has 82 valence electrons. The Morgan fingerprint density at radius 3 is 1.21 bits per heavy atom. The van der Waals surface area contributed by atoms with Crippen LogP contribution < -0.4 is 9.79 Å². The zero-order chi connectivity index (χ0) is 11.1. The molecule has 0 aromatic rings. The molecule has 5 nitrogen and oxygen atoms in total. The molecule has 1 N–H and O–H groups in total. The largest absolute Gasteiger partial charge is 2.00 e. The van der Waals surface area contributed by atoms with Gasteiger partial charge in [-0.3, -0.25) is 4.57 Å². The maximum absolute atomic E-state index is 10.5. The molecule has 0 aliphatic carbocycles. The summed E-state index contributed by atoms with van der Waals surface area (Å²) in [5.74, 6) is 0. The zero-order valence-electron chi connectivity index (χ0n) is 8.80. The van der Waals surface area contributed by atoms with Crippen molar-refractivity contribution in [3.63, 3.8) is 0 Å². The summed E-state index contributed by atoms with van der Waals surface area (Å²) in [7, 11) is -6.80. The van der Waals surface area contributed by atoms with Crippen LogP contribution in [0.15, 0.2) is 0 Å². The van der Waals surface area contributed by atoms with Crippen LogP contribution in [0.3, 0.4) is 0 Å². The third-order valence-electron chi connectivity index (χ3n) is 1.38. The Labute approximate surface area is 97.7 Å². The fraction of sp³-hybridized carbons (Fsp3) is 1.00. The molecule has 0 aliphatic rings. The summed E-state index contributed by atoms with van der Waals surface area (Å²) in [4.78, 5) is 27.6. The van der Waals surface area contributed by atoms with E-state index in [1.54, 1.807) is 13.8 Å². The number of hydrogen-bond donors (Lipinski definition) is 1. The van der Waals surface area contributed by atoms with Crippen LogP contribution in [-0.4, -0.2) is 23.4 Å². The predicted octanol–water partition coefficient (Wildman–Crippen LogP) is 0.214. The fourth-order valence-electron chi connectivity index (χ4n) is 0.224. The van der Waals surface area contributed by atoms with E-state index < -0.39 is 15.0 Å². The molecule has 0 rings (SSSR count). The molecule has 0 heterocycles. The normalized spacial score (nSPS) is 11.0. The predicted molar refractivity (Wildman–Crippen MR) is 49.1 cm³/mol. The minimum Gasteiger partial charge on any atom is -0.811 e. The maximum atomic E-state index is 10.5. The van der Waals surface area contributed by atoms with Crippen LogP contribution in [0.2, 0.25) is 0 Å². The van der Waals surface area contributed by atoms with Crippen molar-refractivity contribution in [2.75, 3.05) is 18.5 Å². The first kappa shape index (κ1) is 20.4. The van der Waals surface area contributed by atoms with Gasteiger partial charge in [0.2, 0.25) is 0 Å². The quantitative estimate of drug-likeness (QED) is 0.592. The van der Waals surface area contributed by atoms with Crippen LogP contribution in [0.1, 0.15) is 20.8 Å². The van der Waals surface area contributed by atoms with E-state index in [-0.39, 0.29) is 25.6 Å². The van der Waals surface area contributed by atoms with Crippen molar-refractivity contribution in [1.29, 1.82) is 0 Å². The Kier molecular flexibility index (Phi) is 13.4. The van der Waals surface area contributed by atoms with Gasteiger partial charge in [-0.05, 0) is 6.16 Å². The first-order valence-electron chi connectivity index (χ1n) is 4.00. The van der Waals surface area contributed by atoms with Crippen LogP contribution >= 0.6 is 15.0 Å². The molecule has 0 fully saturated rings. The minimum atomic E-state index is -4.15. The Balaban J connectivity index is -0.000000163. The molecule has 0 radical (unpaired) electrons. The zero-order valence-corrected chi connectivity index (χ0v) is 13.6. The first-order valence-corrected chi connectivity index (χ1v) is 7.76. The topological polar surface area (TPSA) is 100 Å². The van der Waals surface area contributed by atoms with Crippen molar-refractivity contribution in [1.82, 2.24) is 0 Å². The van der Waals surface area contributed by atoms with Crippen LogP contribution in [0.4, 0.5) is 0 Å². The van der Waals surface area contributed by atoms with E-state index in [2.05, 4.69) is 0 Å². The second-order valence-corrected chi connectivity index (χ2v) is 7.22. The van der Waals surface area contributed by atoms with Gasteiger partial charge in [0.05, 0.1) is 0 Å². The third kappa shape index (κ3) is 18.7. The van der Waals surface area contributed by atoms with E-state index in [0.717, 1.165) is 0 Å². The molecule has 8 heteroatoms. The summed E-state index contributed by atoms with van der Waals surface area (Å²) in [6, 6.07) is 0. The van der Waals surface area contributed by atoms with Crippen molar-refractivity contribution < 1.29 is 43.3 Å². The molecule has 0 bridgehead atoms. The van der Waals surface area contributed by atoms with Gasteiger partial charge in [-0.25, -0.2) is 0 Å². The van der Waals surface area contributed by atoms with E-state index in [4.69, 9.17) is 4.89 Å². The average Bonchev–Trinajstić information content (AvgIpc) is 2.04. The molecule has 0 amide bonds. The van der Waals surface area contributed by atoms with Crippen LogP contribution in [-0.2, 0) is 28.6 Å². The second kappa shape index (κ2) is 9.21.